The maximum Gasteiger partial charge on any atom is 0.0107 e. The zero-order valence-electron chi connectivity index (χ0n) is 10.8. The van der Waals surface area contributed by atoms with Gasteiger partial charge in [-0.05, 0) is 25.3 Å². The number of hydrogen-bond acceptors (Lipinski definition) is 2. The van der Waals surface area contributed by atoms with Gasteiger partial charge in [0.25, 0.3) is 0 Å². The van der Waals surface area contributed by atoms with Gasteiger partial charge in [0.05, 0.1) is 0 Å². The van der Waals surface area contributed by atoms with Crippen molar-refractivity contribution in [2.24, 2.45) is 5.92 Å². The fourth-order valence-corrected chi connectivity index (χ4v) is 2.45. The van der Waals surface area contributed by atoms with Gasteiger partial charge in [0, 0.05) is 25.7 Å². The molecule has 1 rings (SSSR count). The van der Waals surface area contributed by atoms with Crippen LogP contribution in [0.1, 0.15) is 46.5 Å². The highest BCUT2D eigenvalue weighted by molar-refractivity contribution is 4.72. The smallest absolute Gasteiger partial charge is 0.0107 e. The summed E-state index contributed by atoms with van der Waals surface area (Å²) in [6.45, 7) is 11.6. The third kappa shape index (κ3) is 5.53. The van der Waals surface area contributed by atoms with E-state index in [9.17, 15) is 0 Å². The number of nitrogens with zero attached hydrogens (tertiary/aromatic N) is 1. The van der Waals surface area contributed by atoms with E-state index in [2.05, 4.69) is 31.0 Å². The summed E-state index contributed by atoms with van der Waals surface area (Å²) in [7, 11) is 0. The van der Waals surface area contributed by atoms with Gasteiger partial charge in [-0.2, -0.15) is 0 Å². The zero-order chi connectivity index (χ0) is 11.1. The first-order valence-corrected chi connectivity index (χ1v) is 6.68. The fourth-order valence-electron chi connectivity index (χ4n) is 2.45. The molecule has 2 nitrogen and oxygen atoms in total. The summed E-state index contributed by atoms with van der Waals surface area (Å²) in [5, 5.41) is 3.49. The Morgan fingerprint density at radius 3 is 2.47 bits per heavy atom. The van der Waals surface area contributed by atoms with E-state index >= 15 is 0 Å². The molecule has 1 aliphatic carbocycles. The van der Waals surface area contributed by atoms with Crippen molar-refractivity contribution in [1.29, 1.82) is 0 Å². The third-order valence-corrected chi connectivity index (χ3v) is 3.42. The number of rotatable bonds is 7. The van der Waals surface area contributed by atoms with Gasteiger partial charge in [-0.1, -0.05) is 33.6 Å². The lowest BCUT2D eigenvalue weighted by atomic mass is 10.1. The van der Waals surface area contributed by atoms with Gasteiger partial charge >= 0.3 is 0 Å². The lowest BCUT2D eigenvalue weighted by Crippen LogP contribution is -2.37. The highest BCUT2D eigenvalue weighted by Crippen LogP contribution is 2.25. The second-order valence-electron chi connectivity index (χ2n) is 5.15. The highest BCUT2D eigenvalue weighted by atomic mass is 15.1. The van der Waals surface area contributed by atoms with Crippen molar-refractivity contribution >= 4 is 0 Å². The molecule has 15 heavy (non-hydrogen) atoms. The van der Waals surface area contributed by atoms with E-state index in [0.717, 1.165) is 12.5 Å². The Balaban J connectivity index is 2.11. The fraction of sp³-hybridized carbons (Fsp3) is 1.00. The van der Waals surface area contributed by atoms with Crippen molar-refractivity contribution in [3.8, 4) is 0 Å². The molecule has 0 saturated heterocycles. The molecular weight excluding hydrogens is 184 g/mol. The molecule has 1 fully saturated rings. The second kappa shape index (κ2) is 7.24. The molecule has 0 aromatic rings. The lowest BCUT2D eigenvalue weighted by molar-refractivity contribution is 0.240. The van der Waals surface area contributed by atoms with Crippen LogP contribution < -0.4 is 5.32 Å². The molecule has 1 aliphatic rings. The summed E-state index contributed by atoms with van der Waals surface area (Å²) in [5.41, 5.74) is 0. The summed E-state index contributed by atoms with van der Waals surface area (Å²) >= 11 is 0. The van der Waals surface area contributed by atoms with Crippen molar-refractivity contribution in [2.45, 2.75) is 52.5 Å². The number of hydrogen-bond donors (Lipinski definition) is 1. The third-order valence-electron chi connectivity index (χ3n) is 3.42. The van der Waals surface area contributed by atoms with Gasteiger partial charge in [0.1, 0.15) is 0 Å². The van der Waals surface area contributed by atoms with Gasteiger partial charge in [-0.3, -0.25) is 0 Å². The van der Waals surface area contributed by atoms with E-state index in [1.807, 2.05) is 0 Å². The summed E-state index contributed by atoms with van der Waals surface area (Å²) in [4.78, 5) is 2.60. The van der Waals surface area contributed by atoms with Gasteiger partial charge in [0.15, 0.2) is 0 Å². The topological polar surface area (TPSA) is 15.3 Å². The normalized spacial score (nSPS) is 18.2. The molecule has 90 valence electrons. The molecule has 1 N–H and O–H groups in total. The molecule has 0 aliphatic heterocycles. The molecule has 0 atom stereocenters. The molecule has 0 aromatic carbocycles. The van der Waals surface area contributed by atoms with Crippen LogP contribution in [0, 0.1) is 5.92 Å². The first-order valence-electron chi connectivity index (χ1n) is 6.68. The van der Waals surface area contributed by atoms with E-state index in [4.69, 9.17) is 0 Å². The Hall–Kier alpha value is -0.0800. The van der Waals surface area contributed by atoms with Crippen molar-refractivity contribution in [2.75, 3.05) is 26.2 Å². The van der Waals surface area contributed by atoms with E-state index in [1.165, 1.54) is 45.3 Å². The predicted octanol–water partition coefficient (Wildman–Crippen LogP) is 2.50. The van der Waals surface area contributed by atoms with Gasteiger partial charge in [0.2, 0.25) is 0 Å². The maximum atomic E-state index is 3.49. The summed E-state index contributed by atoms with van der Waals surface area (Å²) in [6, 6.07) is 0.621. The average Bonchev–Trinajstić information content (AvgIpc) is 2.68. The van der Waals surface area contributed by atoms with E-state index in [0.29, 0.717) is 6.04 Å². The Bertz CT molecular complexity index is 151. The Labute approximate surface area is 95.4 Å². The van der Waals surface area contributed by atoms with Crippen LogP contribution in [0.15, 0.2) is 0 Å². The Morgan fingerprint density at radius 2 is 1.93 bits per heavy atom. The molecule has 0 bridgehead atoms. The number of nitrogens with one attached hydrogen (secondary N) is 1. The molecule has 1 saturated carbocycles. The van der Waals surface area contributed by atoms with Crippen LogP contribution in [0.5, 0.6) is 0 Å². The van der Waals surface area contributed by atoms with Gasteiger partial charge < -0.3 is 10.2 Å². The van der Waals surface area contributed by atoms with Crippen LogP contribution in [0.3, 0.4) is 0 Å². The van der Waals surface area contributed by atoms with E-state index < -0.39 is 0 Å². The molecule has 0 radical (unpaired) electrons. The predicted molar refractivity (Wildman–Crippen MR) is 67.2 cm³/mol. The van der Waals surface area contributed by atoms with Crippen molar-refractivity contribution < 1.29 is 0 Å². The quantitative estimate of drug-likeness (QED) is 0.697. The second-order valence-corrected chi connectivity index (χ2v) is 5.15. The van der Waals surface area contributed by atoms with Gasteiger partial charge in [-0.25, -0.2) is 0 Å². The SMILES string of the molecule is CCN(CCNC(C)C)CC1CCCC1. The maximum absolute atomic E-state index is 3.49. The molecule has 2 heteroatoms. The number of likely N-dealkylation sites (N-methyl/N-ethyl adjacent to an activating group) is 1. The van der Waals surface area contributed by atoms with Crippen molar-refractivity contribution in [3.63, 3.8) is 0 Å². The summed E-state index contributed by atoms with van der Waals surface area (Å²) in [6.07, 6.45) is 5.86. The first kappa shape index (κ1) is 13.0. The van der Waals surface area contributed by atoms with Crippen LogP contribution in [0.4, 0.5) is 0 Å². The summed E-state index contributed by atoms with van der Waals surface area (Å²) in [5.74, 6) is 0.990. The Kier molecular flexibility index (Phi) is 6.26. The lowest BCUT2D eigenvalue weighted by Gasteiger charge is -2.24. The van der Waals surface area contributed by atoms with E-state index in [1.54, 1.807) is 0 Å². The molecule has 0 aromatic heterocycles. The van der Waals surface area contributed by atoms with Crippen LogP contribution >= 0.6 is 0 Å². The van der Waals surface area contributed by atoms with Crippen LogP contribution in [-0.2, 0) is 0 Å². The molecular formula is C13H28N2. The minimum absolute atomic E-state index is 0.621. The van der Waals surface area contributed by atoms with Crippen molar-refractivity contribution in [3.05, 3.63) is 0 Å². The van der Waals surface area contributed by atoms with E-state index in [-0.39, 0.29) is 0 Å². The van der Waals surface area contributed by atoms with Crippen LogP contribution in [0.25, 0.3) is 0 Å². The van der Waals surface area contributed by atoms with Crippen LogP contribution in [0.2, 0.25) is 0 Å². The largest absolute Gasteiger partial charge is 0.313 e. The molecule has 0 amide bonds. The molecule has 0 spiro atoms. The Morgan fingerprint density at radius 1 is 1.27 bits per heavy atom. The minimum atomic E-state index is 0.621. The van der Waals surface area contributed by atoms with Crippen LogP contribution in [-0.4, -0.2) is 37.1 Å². The molecule has 0 unspecified atom stereocenters. The monoisotopic (exact) mass is 212 g/mol. The average molecular weight is 212 g/mol. The summed E-state index contributed by atoms with van der Waals surface area (Å²) < 4.78 is 0. The molecule has 0 heterocycles. The van der Waals surface area contributed by atoms with Gasteiger partial charge in [-0.15, -0.1) is 0 Å². The minimum Gasteiger partial charge on any atom is -0.313 e. The van der Waals surface area contributed by atoms with Crippen molar-refractivity contribution in [1.82, 2.24) is 10.2 Å². The standard InChI is InChI=1S/C13H28N2/c1-4-15(10-9-14-12(2)3)11-13-7-5-6-8-13/h12-14H,4-11H2,1-3H3. The first-order chi connectivity index (χ1) is 7.22. The highest BCUT2D eigenvalue weighted by Gasteiger charge is 2.17. The zero-order valence-corrected chi connectivity index (χ0v) is 10.8.